The molecule has 11 fully saturated rings. The summed E-state index contributed by atoms with van der Waals surface area (Å²) in [4.78, 5) is 55.1. The van der Waals surface area contributed by atoms with Crippen LogP contribution in [0, 0.1) is 57.7 Å². The van der Waals surface area contributed by atoms with Crippen LogP contribution in [0.5, 0.6) is 0 Å². The van der Waals surface area contributed by atoms with Gasteiger partial charge in [0.05, 0.1) is 64.6 Å². The van der Waals surface area contributed by atoms with Gasteiger partial charge in [0.1, 0.15) is 37.7 Å². The minimum atomic E-state index is -7.43. The first-order chi connectivity index (χ1) is 53.0. The normalized spacial score (nSPS) is 27.8. The van der Waals surface area contributed by atoms with Crippen LogP contribution < -0.4 is 0 Å². The van der Waals surface area contributed by atoms with Gasteiger partial charge in [0.25, 0.3) is 0 Å². The average Bonchev–Trinajstić information content (AvgIpc) is 1.31. The quantitative estimate of drug-likeness (QED) is 0.0116. The van der Waals surface area contributed by atoms with Crippen molar-refractivity contribution in [2.45, 2.75) is 258 Å². The second-order valence-electron chi connectivity index (χ2n) is 32.9. The highest BCUT2D eigenvalue weighted by Crippen LogP contribution is 2.62. The summed E-state index contributed by atoms with van der Waals surface area (Å²) in [5.74, 6) is -11.2. The first kappa shape index (κ1) is 95.0. The Morgan fingerprint density at radius 3 is 1.35 bits per heavy atom. The molecule has 8 saturated carbocycles. The van der Waals surface area contributed by atoms with Crippen molar-refractivity contribution in [1.29, 1.82) is 0 Å². The van der Waals surface area contributed by atoms with Crippen LogP contribution in [0.1, 0.15) is 178 Å². The summed E-state index contributed by atoms with van der Waals surface area (Å²) < 4.78 is 195. The van der Waals surface area contributed by atoms with Gasteiger partial charge in [0.15, 0.2) is 37.0 Å². The number of methoxy groups -OCH3 is 3. The number of carbonyl (C=O) groups is 4. The Labute approximate surface area is 663 Å². The SMILES string of the molecule is CCC(C)(C)C(=O)OC1(CC)C2CC3CC(C2)CC1C3.CCC(C)(C)C(=O)OC1C2CC3C(=O)OC1C3O2.CCC(C)(CC)C(=O)OC12CC3CC(CC(O)(C3)C1)C2.COCOCCN(CCOCOC)CCOCOC.O=S(=O)([O-])C(F)(F)C(F)(F)C(F)(F)C(F)(F)F.c1ccc([S+](c2ccccc2)c2ccccc2)cc1. The monoisotopic (exact) mass is 1660 g/mol. The zero-order valence-electron chi connectivity index (χ0n) is 67.4. The lowest BCUT2D eigenvalue weighted by molar-refractivity contribution is -0.382. The van der Waals surface area contributed by atoms with Gasteiger partial charge < -0.3 is 61.8 Å². The number of fused-ring (bicyclic) bond motifs is 1. The Morgan fingerprint density at radius 2 is 0.973 bits per heavy atom. The molecule has 3 heterocycles. The van der Waals surface area contributed by atoms with E-state index in [4.69, 9.17) is 52.1 Å². The van der Waals surface area contributed by atoms with Crippen molar-refractivity contribution in [1.82, 2.24) is 4.90 Å². The van der Waals surface area contributed by atoms with Crippen molar-refractivity contribution < 1.29 is 129 Å². The fraction of sp³-hybridized carbons (Fsp3) is 0.732. The van der Waals surface area contributed by atoms with Crippen LogP contribution in [0.15, 0.2) is 106 Å². The predicted octanol–water partition coefficient (Wildman–Crippen LogP) is 15.9. The number of nitrogens with zero attached hydrogens (tertiary/aromatic N) is 1. The Bertz CT molecular complexity index is 3430. The van der Waals surface area contributed by atoms with Crippen molar-refractivity contribution in [3.05, 3.63) is 91.0 Å². The lowest BCUT2D eigenvalue weighted by Crippen LogP contribution is -2.63. The van der Waals surface area contributed by atoms with Gasteiger partial charge in [-0.3, -0.25) is 24.1 Å². The molecule has 3 aromatic rings. The Morgan fingerprint density at radius 1 is 0.558 bits per heavy atom. The van der Waals surface area contributed by atoms with Crippen molar-refractivity contribution in [2.24, 2.45) is 57.7 Å². The summed E-state index contributed by atoms with van der Waals surface area (Å²) in [6.07, 6.45) is 8.81. The van der Waals surface area contributed by atoms with Crippen molar-refractivity contribution in [3.63, 3.8) is 0 Å². The van der Waals surface area contributed by atoms with Gasteiger partial charge in [0, 0.05) is 47.4 Å². The van der Waals surface area contributed by atoms with Crippen molar-refractivity contribution >= 4 is 44.9 Å². The second-order valence-corrected chi connectivity index (χ2v) is 36.4. The van der Waals surface area contributed by atoms with Crippen molar-refractivity contribution in [2.75, 3.05) is 81.2 Å². The number of hydrogen-bond donors (Lipinski definition) is 1. The largest absolute Gasteiger partial charge is 0.743 e. The van der Waals surface area contributed by atoms with Crippen LogP contribution in [0.3, 0.4) is 0 Å². The van der Waals surface area contributed by atoms with Gasteiger partial charge in [-0.25, -0.2) is 8.42 Å². The Balaban J connectivity index is 0.000000188. The molecule has 0 aromatic heterocycles. The summed E-state index contributed by atoms with van der Waals surface area (Å²) in [5, 5.41) is 3.59. The second kappa shape index (κ2) is 40.0. The number of benzene rings is 3. The third kappa shape index (κ3) is 23.0. The topological polar surface area (TPSA) is 250 Å². The summed E-state index contributed by atoms with van der Waals surface area (Å²) in [7, 11) is -2.61. The molecule has 31 heteroatoms. The van der Waals surface area contributed by atoms with E-state index < -0.39 is 56.6 Å². The molecule has 8 aliphatic carbocycles. The van der Waals surface area contributed by atoms with Gasteiger partial charge in [-0.1, -0.05) is 89.2 Å². The van der Waals surface area contributed by atoms with E-state index in [0.29, 0.717) is 83.1 Å². The van der Waals surface area contributed by atoms with E-state index >= 15 is 0 Å². The molecule has 7 atom stereocenters. The highest BCUT2D eigenvalue weighted by atomic mass is 32.2. The van der Waals surface area contributed by atoms with Gasteiger partial charge >= 0.3 is 47.2 Å². The number of hydrogen-bond acceptors (Lipinski definition) is 20. The fourth-order valence-electron chi connectivity index (χ4n) is 17.1. The van der Waals surface area contributed by atoms with E-state index in [9.17, 15) is 76.8 Å². The molecule has 3 aromatic carbocycles. The molecule has 14 rings (SSSR count). The van der Waals surface area contributed by atoms with E-state index in [1.54, 1.807) is 21.3 Å². The molecular weight excluding hydrogens is 1540 g/mol. The zero-order valence-corrected chi connectivity index (χ0v) is 69.0. The van der Waals surface area contributed by atoms with Crippen LogP contribution in [0.2, 0.25) is 0 Å². The highest BCUT2D eigenvalue weighted by Gasteiger charge is 2.84. The predicted molar refractivity (Wildman–Crippen MR) is 400 cm³/mol. The number of alkyl halides is 9. The minimum Gasteiger partial charge on any atom is -0.743 e. The van der Waals surface area contributed by atoms with Gasteiger partial charge in [0.2, 0.25) is 0 Å². The number of rotatable bonds is 32. The summed E-state index contributed by atoms with van der Waals surface area (Å²) >= 11 is 0. The first-order valence-corrected chi connectivity index (χ1v) is 41.8. The minimum absolute atomic E-state index is 0.0146. The summed E-state index contributed by atoms with van der Waals surface area (Å²) in [5.41, 5.74) is -2.26. The van der Waals surface area contributed by atoms with E-state index in [1.807, 2.05) is 41.5 Å². The zero-order chi connectivity index (χ0) is 83.8. The van der Waals surface area contributed by atoms with Gasteiger partial charge in [-0.2, -0.15) is 39.5 Å². The van der Waals surface area contributed by atoms with E-state index in [-0.39, 0.29) is 74.9 Å². The molecule has 3 aliphatic heterocycles. The van der Waals surface area contributed by atoms with Crippen LogP contribution in [0.4, 0.5) is 39.5 Å². The fourth-order valence-corrected chi connectivity index (χ4v) is 19.7. The van der Waals surface area contributed by atoms with E-state index in [1.165, 1.54) is 53.2 Å². The molecule has 3 saturated heterocycles. The third-order valence-corrected chi connectivity index (χ3v) is 27.3. The molecule has 7 unspecified atom stereocenters. The Kier molecular flexibility index (Phi) is 33.6. The number of esters is 4. The number of carbonyl (C=O) groups excluding carboxylic acids is 4. The molecule has 0 radical (unpaired) electrons. The third-order valence-electron chi connectivity index (χ3n) is 24.2. The lowest BCUT2D eigenvalue weighted by Gasteiger charge is -2.60. The number of aliphatic hydroxyl groups is 1. The summed E-state index contributed by atoms with van der Waals surface area (Å²) in [6, 6.07) is 32.2. The molecule has 11 aliphatic rings. The number of ether oxygens (including phenoxy) is 11. The smallest absolute Gasteiger partial charge is 0.460 e. The van der Waals surface area contributed by atoms with Crippen LogP contribution >= 0.6 is 0 Å². The standard InChI is InChI=1S/C18H30O2.C18H15S.C17H28O3.C13H18O5.C12H27NO6.C4HF9O3S/c1-5-17(3,4)16(19)20-18(6-2)14-8-12-7-13(10-14)11-15(18)9-12;1-4-10-16(11-5-1)19(17-12-6-2-7-13-17)18-14-8-3-9-15-18;1-4-15(3,5-2)14(18)20-17-9-12-6-13(10-17)8-16(19,7-12)11-17;1-4-13(2,3)12(15)18-9-7-5-6-8(16-7)10(9)17-11(6)14;1-14-10-17-7-4-13(5-8-18-11-15-2)6-9-19-12-16-3;5-1(6,3(9,10)11)2(7,8)4(12,13)17(14,15)16/h12-15H,5-11H2,1-4H3;1-15H;12-13,19H,4-11H2,1-3H3;6-10H,4-5H2,1-3H3;4-12H2,1-3H3;(H,14,15,16)/q;+1;;;;/p-1. The maximum Gasteiger partial charge on any atom is 0.460 e. The molecule has 10 bridgehead atoms. The van der Waals surface area contributed by atoms with Gasteiger partial charge in [-0.05, 0) is 209 Å². The highest BCUT2D eigenvalue weighted by molar-refractivity contribution is 7.97. The first-order valence-electron chi connectivity index (χ1n) is 39.2. The van der Waals surface area contributed by atoms with Crippen LogP contribution in [0.25, 0.3) is 0 Å². The Hall–Kier alpha value is -5.19. The summed E-state index contributed by atoms with van der Waals surface area (Å²) in [6.45, 7) is 25.3. The average molecular weight is 1660 g/mol. The maximum absolute atomic E-state index is 12.6. The molecule has 20 nitrogen and oxygen atoms in total. The maximum atomic E-state index is 12.6. The molecule has 0 amide bonds. The van der Waals surface area contributed by atoms with E-state index in [2.05, 4.69) is 124 Å². The van der Waals surface area contributed by atoms with Crippen molar-refractivity contribution in [3.8, 4) is 0 Å². The lowest BCUT2D eigenvalue weighted by atomic mass is 9.49. The number of halogens is 9. The van der Waals surface area contributed by atoms with Gasteiger partial charge in [-0.15, -0.1) is 0 Å². The molecule has 0 spiro atoms. The molecule has 113 heavy (non-hydrogen) atoms. The van der Waals surface area contributed by atoms with E-state index in [0.717, 1.165) is 82.8 Å². The molecule has 1 N–H and O–H groups in total. The molecule has 640 valence electrons. The van der Waals surface area contributed by atoms with Crippen LogP contribution in [-0.4, -0.2) is 193 Å². The van der Waals surface area contributed by atoms with Crippen LogP contribution in [-0.2, 0) is 92.3 Å². The molecular formula is C82H118F9NO19S2.